The fraction of sp³-hybridized carbons (Fsp3) is 0.409. The number of hydrazone groups is 1. The highest BCUT2D eigenvalue weighted by Gasteiger charge is 2.28. The number of hydrogen-bond acceptors (Lipinski definition) is 7. The Morgan fingerprint density at radius 3 is 2.69 bits per heavy atom. The van der Waals surface area contributed by atoms with Crippen LogP contribution in [0, 0.1) is 17.0 Å². The van der Waals surface area contributed by atoms with E-state index in [1.807, 2.05) is 6.92 Å². The van der Waals surface area contributed by atoms with Crippen molar-refractivity contribution >= 4 is 23.2 Å². The Hall–Kier alpha value is -3.53. The number of nitro groups is 1. The van der Waals surface area contributed by atoms with E-state index in [1.54, 1.807) is 19.2 Å². The van der Waals surface area contributed by atoms with Crippen LogP contribution in [0.2, 0.25) is 0 Å². The van der Waals surface area contributed by atoms with Gasteiger partial charge in [0.05, 0.1) is 17.1 Å². The van der Waals surface area contributed by atoms with Crippen molar-refractivity contribution in [1.29, 1.82) is 0 Å². The topological polar surface area (TPSA) is 136 Å². The largest absolute Gasteiger partial charge is 0.455 e. The zero-order valence-corrected chi connectivity index (χ0v) is 18.1. The first-order valence-electron chi connectivity index (χ1n) is 10.4. The van der Waals surface area contributed by atoms with E-state index < -0.39 is 4.92 Å². The minimum absolute atomic E-state index is 0.0295. The number of aryl methyl sites for hydroxylation is 1. The maximum Gasteiger partial charge on any atom is 0.287 e. The molecule has 0 saturated heterocycles. The lowest BCUT2D eigenvalue weighted by Gasteiger charge is -2.13. The van der Waals surface area contributed by atoms with Crippen molar-refractivity contribution in [1.82, 2.24) is 10.7 Å². The number of nitrogens with zero attached hydrogens (tertiary/aromatic N) is 2. The molecule has 10 nitrogen and oxygen atoms in total. The van der Waals surface area contributed by atoms with E-state index in [-0.39, 0.29) is 29.7 Å². The molecule has 0 aliphatic heterocycles. The summed E-state index contributed by atoms with van der Waals surface area (Å²) in [6.07, 6.45) is 2.89. The number of ether oxygens (including phenoxy) is 1. The maximum atomic E-state index is 12.5. The van der Waals surface area contributed by atoms with E-state index in [0.717, 1.165) is 12.0 Å². The molecule has 1 aliphatic carbocycles. The summed E-state index contributed by atoms with van der Waals surface area (Å²) in [5, 5.41) is 17.8. The molecule has 2 aromatic rings. The molecule has 1 aromatic carbocycles. The fourth-order valence-corrected chi connectivity index (χ4v) is 3.59. The second-order valence-electron chi connectivity index (χ2n) is 7.50. The number of nitrogens with one attached hydrogen (secondary N) is 2. The summed E-state index contributed by atoms with van der Waals surface area (Å²) in [5.74, 6) is 0.337. The van der Waals surface area contributed by atoms with Crippen LogP contribution in [0.1, 0.15) is 52.3 Å². The highest BCUT2D eigenvalue weighted by atomic mass is 16.6. The Kier molecular flexibility index (Phi) is 7.72. The van der Waals surface area contributed by atoms with Crippen molar-refractivity contribution in [3.05, 3.63) is 62.6 Å². The molecule has 1 aliphatic rings. The van der Waals surface area contributed by atoms with E-state index in [0.29, 0.717) is 55.0 Å². The van der Waals surface area contributed by atoms with Gasteiger partial charge in [-0.25, -0.2) is 5.43 Å². The molecule has 1 heterocycles. The SMILES string of the molecule is COCCCNC(=O)c1oc2c(c1C)/C(=N/NC(=O)Cc1ccc([N+](=O)[O-])cc1)CCC2. The molecule has 0 bridgehead atoms. The molecule has 0 atom stereocenters. The maximum absolute atomic E-state index is 12.5. The number of hydrogen-bond donors (Lipinski definition) is 2. The summed E-state index contributed by atoms with van der Waals surface area (Å²) in [7, 11) is 1.61. The number of benzene rings is 1. The lowest BCUT2D eigenvalue weighted by molar-refractivity contribution is -0.384. The molecule has 1 aromatic heterocycles. The Bertz CT molecular complexity index is 1030. The average molecular weight is 442 g/mol. The molecule has 0 saturated carbocycles. The third-order valence-corrected chi connectivity index (χ3v) is 5.17. The van der Waals surface area contributed by atoms with Gasteiger partial charge in [0.2, 0.25) is 5.91 Å². The minimum atomic E-state index is -0.488. The number of furan rings is 1. The van der Waals surface area contributed by atoms with E-state index in [4.69, 9.17) is 9.15 Å². The third kappa shape index (κ3) is 5.58. The first-order chi connectivity index (χ1) is 15.4. The Balaban J connectivity index is 1.67. The predicted octanol–water partition coefficient (Wildman–Crippen LogP) is 2.66. The molecular weight excluding hydrogens is 416 g/mol. The van der Waals surface area contributed by atoms with Gasteiger partial charge in [0.1, 0.15) is 5.76 Å². The Labute approximate surface area is 185 Å². The number of carbonyl (C=O) groups excluding carboxylic acids is 2. The standard InChI is InChI=1S/C22H26N4O6/c1-14-20-17(24-25-19(27)13-15-7-9-16(10-8-15)26(29)30)5-3-6-18(20)32-21(14)22(28)23-11-4-12-31-2/h7-10H,3-6,11-13H2,1-2H3,(H,23,28)(H,25,27)/b24-17+. The highest BCUT2D eigenvalue weighted by Crippen LogP contribution is 2.29. The third-order valence-electron chi connectivity index (χ3n) is 5.17. The van der Waals surface area contributed by atoms with Crippen LogP contribution >= 0.6 is 0 Å². The Morgan fingerprint density at radius 2 is 2.00 bits per heavy atom. The van der Waals surface area contributed by atoms with Crippen molar-refractivity contribution in [2.24, 2.45) is 5.10 Å². The number of carbonyl (C=O) groups is 2. The van der Waals surface area contributed by atoms with Gasteiger partial charge in [-0.2, -0.15) is 5.10 Å². The number of fused-ring (bicyclic) bond motifs is 1. The number of non-ortho nitro benzene ring substituents is 1. The van der Waals surface area contributed by atoms with Gasteiger partial charge in [-0.1, -0.05) is 12.1 Å². The van der Waals surface area contributed by atoms with Gasteiger partial charge in [0.25, 0.3) is 11.6 Å². The summed E-state index contributed by atoms with van der Waals surface area (Å²) in [6.45, 7) is 2.85. The molecule has 0 unspecified atom stereocenters. The Morgan fingerprint density at radius 1 is 1.25 bits per heavy atom. The summed E-state index contributed by atoms with van der Waals surface area (Å²) in [4.78, 5) is 35.0. The number of amides is 2. The van der Waals surface area contributed by atoms with Gasteiger partial charge in [-0.3, -0.25) is 19.7 Å². The van der Waals surface area contributed by atoms with E-state index in [1.165, 1.54) is 12.1 Å². The predicted molar refractivity (Wildman–Crippen MR) is 117 cm³/mol. The van der Waals surface area contributed by atoms with Crippen LogP contribution in [0.3, 0.4) is 0 Å². The molecule has 0 radical (unpaired) electrons. The first kappa shape index (κ1) is 23.1. The van der Waals surface area contributed by atoms with Crippen molar-refractivity contribution in [3.63, 3.8) is 0 Å². The second-order valence-corrected chi connectivity index (χ2v) is 7.50. The number of methoxy groups -OCH3 is 1. The molecule has 2 amide bonds. The van der Waals surface area contributed by atoms with Gasteiger partial charge >= 0.3 is 0 Å². The normalized spacial score (nSPS) is 14.1. The van der Waals surface area contributed by atoms with Crippen LogP contribution in [0.5, 0.6) is 0 Å². The second kappa shape index (κ2) is 10.7. The molecular formula is C22H26N4O6. The van der Waals surface area contributed by atoms with Crippen molar-refractivity contribution in [2.75, 3.05) is 20.3 Å². The molecule has 10 heteroatoms. The van der Waals surface area contributed by atoms with E-state index in [2.05, 4.69) is 15.8 Å². The number of rotatable bonds is 9. The first-order valence-corrected chi connectivity index (χ1v) is 10.4. The van der Waals surface area contributed by atoms with Gasteiger partial charge in [-0.05, 0) is 31.7 Å². The van der Waals surface area contributed by atoms with Gasteiger partial charge in [0.15, 0.2) is 5.76 Å². The molecule has 170 valence electrons. The summed E-state index contributed by atoms with van der Waals surface area (Å²) in [6, 6.07) is 5.81. The van der Waals surface area contributed by atoms with Gasteiger partial charge in [0, 0.05) is 49.9 Å². The van der Waals surface area contributed by atoms with Crippen LogP contribution in [-0.4, -0.2) is 42.7 Å². The molecule has 32 heavy (non-hydrogen) atoms. The van der Waals surface area contributed by atoms with Gasteiger partial charge in [-0.15, -0.1) is 0 Å². The van der Waals surface area contributed by atoms with Crippen molar-refractivity contribution in [2.45, 2.75) is 39.0 Å². The minimum Gasteiger partial charge on any atom is -0.455 e. The van der Waals surface area contributed by atoms with Crippen molar-refractivity contribution < 1.29 is 23.7 Å². The highest BCUT2D eigenvalue weighted by molar-refractivity contribution is 6.06. The van der Waals surface area contributed by atoms with Crippen LogP contribution in [-0.2, 0) is 22.4 Å². The zero-order valence-electron chi connectivity index (χ0n) is 18.1. The summed E-state index contributed by atoms with van der Waals surface area (Å²) < 4.78 is 10.8. The summed E-state index contributed by atoms with van der Waals surface area (Å²) in [5.41, 5.74) is 5.31. The molecule has 2 N–H and O–H groups in total. The van der Waals surface area contributed by atoms with Gasteiger partial charge < -0.3 is 14.5 Å². The van der Waals surface area contributed by atoms with Crippen LogP contribution in [0.25, 0.3) is 0 Å². The molecule has 3 rings (SSSR count). The molecule has 0 fully saturated rings. The number of nitro benzene ring substituents is 1. The smallest absolute Gasteiger partial charge is 0.287 e. The monoisotopic (exact) mass is 442 g/mol. The average Bonchev–Trinajstić information content (AvgIpc) is 3.13. The quantitative estimate of drug-likeness (QED) is 0.348. The lowest BCUT2D eigenvalue weighted by atomic mass is 9.93. The van der Waals surface area contributed by atoms with E-state index >= 15 is 0 Å². The fourth-order valence-electron chi connectivity index (χ4n) is 3.59. The molecule has 0 spiro atoms. The van der Waals surface area contributed by atoms with Crippen LogP contribution in [0.4, 0.5) is 5.69 Å². The zero-order chi connectivity index (χ0) is 23.1. The van der Waals surface area contributed by atoms with E-state index in [9.17, 15) is 19.7 Å². The van der Waals surface area contributed by atoms with Crippen LogP contribution < -0.4 is 10.7 Å². The summed E-state index contributed by atoms with van der Waals surface area (Å²) >= 11 is 0. The van der Waals surface area contributed by atoms with Crippen molar-refractivity contribution in [3.8, 4) is 0 Å². The van der Waals surface area contributed by atoms with Crippen LogP contribution in [0.15, 0.2) is 33.8 Å². The lowest BCUT2D eigenvalue weighted by Crippen LogP contribution is -2.25.